The topological polar surface area (TPSA) is 307 Å². The van der Waals surface area contributed by atoms with Crippen molar-refractivity contribution in [3.8, 4) is 0 Å². The van der Waals surface area contributed by atoms with Crippen LogP contribution in [0.4, 0.5) is 0 Å². The van der Waals surface area contributed by atoms with Crippen molar-refractivity contribution in [2.45, 2.75) is 458 Å². The van der Waals surface area contributed by atoms with Gasteiger partial charge in [-0.3, -0.25) is 4.79 Å². The molecule has 112 heavy (non-hydrogen) atoms. The van der Waals surface area contributed by atoms with Crippen LogP contribution in [0.15, 0.2) is 97.2 Å². The van der Waals surface area contributed by atoms with Gasteiger partial charge in [-0.15, -0.1) is 0 Å². The molecule has 3 heterocycles. The first-order valence-electron chi connectivity index (χ1n) is 45.5. The van der Waals surface area contributed by atoms with Gasteiger partial charge in [0.05, 0.1) is 38.6 Å². The third-order valence-electron chi connectivity index (χ3n) is 22.1. The van der Waals surface area contributed by atoms with Crippen molar-refractivity contribution in [3.63, 3.8) is 0 Å². The molecule has 17 atom stereocenters. The maximum absolute atomic E-state index is 13.5. The van der Waals surface area contributed by atoms with Crippen molar-refractivity contribution in [2.75, 3.05) is 26.4 Å². The summed E-state index contributed by atoms with van der Waals surface area (Å²) in [5.41, 5.74) is 0. The monoisotopic (exact) mass is 1580 g/mol. The predicted molar refractivity (Wildman–Crippen MR) is 452 cm³/mol. The summed E-state index contributed by atoms with van der Waals surface area (Å²) in [7, 11) is 0. The lowest BCUT2D eigenvalue weighted by atomic mass is 9.96. The van der Waals surface area contributed by atoms with Gasteiger partial charge in [0.2, 0.25) is 5.91 Å². The Bertz CT molecular complexity index is 2400. The maximum atomic E-state index is 13.5. The van der Waals surface area contributed by atoms with Crippen molar-refractivity contribution in [2.24, 2.45) is 0 Å². The van der Waals surface area contributed by atoms with Crippen molar-refractivity contribution in [3.05, 3.63) is 97.2 Å². The normalized spacial score (nSPS) is 25.4. The molecule has 0 aromatic rings. The van der Waals surface area contributed by atoms with E-state index >= 15 is 0 Å². The van der Waals surface area contributed by atoms with E-state index in [1.165, 1.54) is 244 Å². The van der Waals surface area contributed by atoms with E-state index in [0.717, 1.165) is 77.0 Å². The number of carbonyl (C=O) groups is 1. The molecule has 3 aliphatic rings. The van der Waals surface area contributed by atoms with Crippen LogP contribution in [0, 0.1) is 0 Å². The van der Waals surface area contributed by atoms with Crippen LogP contribution in [-0.2, 0) is 33.2 Å². The Labute approximate surface area is 679 Å². The lowest BCUT2D eigenvalue weighted by Gasteiger charge is -2.48. The number of carbonyl (C=O) groups excluding carboxylic acids is 1. The first-order valence-corrected chi connectivity index (χ1v) is 45.5. The Balaban J connectivity index is 1.31. The zero-order valence-corrected chi connectivity index (χ0v) is 70.1. The number of rotatable bonds is 73. The number of allylic oxidation sites excluding steroid dienone is 15. The summed E-state index contributed by atoms with van der Waals surface area (Å²) in [5.74, 6) is -0.285. The molecule has 17 unspecified atom stereocenters. The number of amides is 1. The average molecular weight is 1590 g/mol. The van der Waals surface area contributed by atoms with Gasteiger partial charge in [0.25, 0.3) is 0 Å². The second-order valence-electron chi connectivity index (χ2n) is 32.0. The minimum Gasteiger partial charge on any atom is -0.394 e. The smallest absolute Gasteiger partial charge is 0.220 e. The van der Waals surface area contributed by atoms with Crippen LogP contribution in [0.2, 0.25) is 0 Å². The van der Waals surface area contributed by atoms with Gasteiger partial charge in [0.15, 0.2) is 18.9 Å². The number of unbranched alkanes of at least 4 members (excludes halogenated alkanes) is 43. The number of ether oxygens (including phenoxy) is 6. The molecule has 12 N–H and O–H groups in total. The Morgan fingerprint density at radius 1 is 0.330 bits per heavy atom. The molecule has 19 heteroatoms. The highest BCUT2D eigenvalue weighted by atomic mass is 16.8. The molecule has 19 nitrogen and oxygen atoms in total. The summed E-state index contributed by atoms with van der Waals surface area (Å²) >= 11 is 0. The SMILES string of the molecule is CC/C=C\C/C=C\C/C=C\C/C=C\C/C=C\CCCCCCCCCCCCCCCCCCCCCCCCCCCC(=O)NC(COC1OC(CO)C(OC2OC(CO)C(OC3OC(CO)C(O)C(O)C3O)C(O)C2O)C(O)C1O)C(O)/C=C/CC/C=C/CC/C=C/CCCCCCCCCCCCCCCCCC. The van der Waals surface area contributed by atoms with Crippen LogP contribution in [0.3, 0.4) is 0 Å². The predicted octanol–water partition coefficient (Wildman–Crippen LogP) is 17.5. The fourth-order valence-corrected chi connectivity index (χ4v) is 14.9. The van der Waals surface area contributed by atoms with Gasteiger partial charge in [-0.05, 0) is 89.9 Å². The summed E-state index contributed by atoms with van der Waals surface area (Å²) in [6.07, 6.45) is 72.9. The van der Waals surface area contributed by atoms with Crippen molar-refractivity contribution < 1.29 is 89.4 Å². The highest BCUT2D eigenvalue weighted by molar-refractivity contribution is 5.76. The van der Waals surface area contributed by atoms with Gasteiger partial charge < -0.3 is 89.9 Å². The number of aliphatic hydroxyl groups excluding tert-OH is 11. The molecule has 1 amide bonds. The third-order valence-corrected chi connectivity index (χ3v) is 22.1. The van der Waals surface area contributed by atoms with Crippen LogP contribution >= 0.6 is 0 Å². The summed E-state index contributed by atoms with van der Waals surface area (Å²) in [5, 5.41) is 121. The fraction of sp³-hybridized carbons (Fsp3) is 0.817. The van der Waals surface area contributed by atoms with Gasteiger partial charge in [-0.2, -0.15) is 0 Å². The van der Waals surface area contributed by atoms with E-state index in [4.69, 9.17) is 28.4 Å². The van der Waals surface area contributed by atoms with Crippen LogP contribution in [-0.4, -0.2) is 193 Å². The number of hydrogen-bond donors (Lipinski definition) is 12. The molecule has 0 bridgehead atoms. The second kappa shape index (κ2) is 71.8. The van der Waals surface area contributed by atoms with Gasteiger partial charge in [-0.1, -0.05) is 355 Å². The number of nitrogens with one attached hydrogen (secondary N) is 1. The van der Waals surface area contributed by atoms with Gasteiger partial charge >= 0.3 is 0 Å². The zero-order valence-electron chi connectivity index (χ0n) is 70.1. The van der Waals surface area contributed by atoms with Crippen molar-refractivity contribution >= 4 is 5.91 Å². The molecular weight excluding hydrogens is 1420 g/mol. The van der Waals surface area contributed by atoms with Gasteiger partial charge in [0.1, 0.15) is 73.2 Å². The summed E-state index contributed by atoms with van der Waals surface area (Å²) in [6, 6.07) is -1.00. The summed E-state index contributed by atoms with van der Waals surface area (Å²) in [6.45, 7) is 1.64. The minimum atomic E-state index is -1.99. The average Bonchev–Trinajstić information content (AvgIpc) is 0.781. The Hall–Kier alpha value is -3.29. The molecule has 3 saturated heterocycles. The molecule has 0 aromatic carbocycles. The largest absolute Gasteiger partial charge is 0.394 e. The van der Waals surface area contributed by atoms with Crippen LogP contribution < -0.4 is 5.32 Å². The highest BCUT2D eigenvalue weighted by Crippen LogP contribution is 2.33. The van der Waals surface area contributed by atoms with Crippen molar-refractivity contribution in [1.29, 1.82) is 0 Å². The first-order chi connectivity index (χ1) is 54.8. The molecule has 650 valence electrons. The first kappa shape index (κ1) is 103. The lowest BCUT2D eigenvalue weighted by molar-refractivity contribution is -0.379. The van der Waals surface area contributed by atoms with E-state index in [-0.39, 0.29) is 18.9 Å². The minimum absolute atomic E-state index is 0.232. The Kier molecular flexibility index (Phi) is 66.0. The zero-order chi connectivity index (χ0) is 81.0. The highest BCUT2D eigenvalue weighted by Gasteiger charge is 2.54. The third kappa shape index (κ3) is 49.8. The van der Waals surface area contributed by atoms with Crippen LogP contribution in [0.5, 0.6) is 0 Å². The lowest BCUT2D eigenvalue weighted by Crippen LogP contribution is -2.66. The van der Waals surface area contributed by atoms with Crippen LogP contribution in [0.1, 0.15) is 354 Å². The summed E-state index contributed by atoms with van der Waals surface area (Å²) < 4.78 is 34.5. The maximum Gasteiger partial charge on any atom is 0.220 e. The molecule has 3 rings (SSSR count). The van der Waals surface area contributed by atoms with Crippen LogP contribution in [0.25, 0.3) is 0 Å². The number of aliphatic hydroxyl groups is 11. The molecule has 3 fully saturated rings. The van der Waals surface area contributed by atoms with E-state index in [2.05, 4.69) is 104 Å². The van der Waals surface area contributed by atoms with E-state index in [0.29, 0.717) is 12.8 Å². The van der Waals surface area contributed by atoms with E-state index < -0.39 is 124 Å². The quantitative estimate of drug-likeness (QED) is 0.0199. The van der Waals surface area contributed by atoms with Crippen molar-refractivity contribution in [1.82, 2.24) is 5.32 Å². The molecule has 0 spiro atoms. The molecule has 3 aliphatic heterocycles. The standard InChI is InChI=1S/C93H165NO18/c1-3-5-7-9-11-13-15-17-19-21-23-25-27-29-31-32-33-34-35-36-37-38-39-40-41-42-43-44-45-47-49-51-53-55-57-59-61-63-65-67-69-71-81(99)94-76(77(98)70-68-66-64-62-60-58-56-54-52-50-48-46-30-28-26-24-22-20-18-16-14-12-10-8-6-4-2)75-107-91-87(105)84(102)89(79(73-96)109-91)112-93-88(106)85(103)90(80(74-97)110-93)111-92-86(104)83(101)82(100)78(72-95)108-92/h5,7,11,13,17,19,23,25,29,31,52,54,60,62,68,70,76-80,82-93,95-98,100-106H,3-4,6,8-10,12,14-16,18,20-22,24,26-28,30,32-51,53,55-59,61,63-67,69,71-75H2,1-2H3,(H,94,99)/b7-5-,13-11-,19-17-,25-23-,31-29-,54-52+,62-60+,70-68+. The Morgan fingerprint density at radius 2 is 0.625 bits per heavy atom. The van der Waals surface area contributed by atoms with E-state index in [9.17, 15) is 61.0 Å². The van der Waals surface area contributed by atoms with Gasteiger partial charge in [-0.25, -0.2) is 0 Å². The summed E-state index contributed by atoms with van der Waals surface area (Å²) in [4.78, 5) is 13.5. The second-order valence-corrected chi connectivity index (χ2v) is 32.0. The van der Waals surface area contributed by atoms with Gasteiger partial charge in [0, 0.05) is 6.42 Å². The Morgan fingerprint density at radius 3 is 1.00 bits per heavy atom. The molecular formula is C93H165NO18. The molecule has 0 aliphatic carbocycles. The fourth-order valence-electron chi connectivity index (χ4n) is 14.9. The number of hydrogen-bond acceptors (Lipinski definition) is 18. The molecule has 0 radical (unpaired) electrons. The van der Waals surface area contributed by atoms with E-state index in [1.807, 2.05) is 6.08 Å². The van der Waals surface area contributed by atoms with E-state index in [1.54, 1.807) is 6.08 Å². The molecule has 0 aromatic heterocycles. The molecule has 0 saturated carbocycles.